The minimum atomic E-state index is -0.351. The smallest absolute Gasteiger partial charge is 0.233 e. The van der Waals surface area contributed by atoms with E-state index in [1.807, 2.05) is 19.1 Å². The average molecular weight is 273 g/mol. The Morgan fingerprint density at radius 1 is 1.30 bits per heavy atom. The van der Waals surface area contributed by atoms with Gasteiger partial charge in [-0.2, -0.15) is 0 Å². The summed E-state index contributed by atoms with van der Waals surface area (Å²) in [5.41, 5.74) is 2.49. The zero-order valence-corrected chi connectivity index (χ0v) is 11.3. The number of carbonyl (C=O) groups is 2. The third-order valence-corrected chi connectivity index (χ3v) is 2.81. The molecule has 0 radical (unpaired) electrons. The van der Waals surface area contributed by atoms with Gasteiger partial charge in [-0.1, -0.05) is 0 Å². The van der Waals surface area contributed by atoms with Gasteiger partial charge in [0, 0.05) is 18.3 Å². The maximum atomic E-state index is 11.6. The zero-order chi connectivity index (χ0) is 14.5. The first-order valence-electron chi connectivity index (χ1n) is 6.10. The summed E-state index contributed by atoms with van der Waals surface area (Å²) in [6, 6.07) is 5.41. The molecule has 6 nitrogen and oxygen atoms in total. The van der Waals surface area contributed by atoms with E-state index in [0.29, 0.717) is 11.4 Å². The molecule has 0 aliphatic heterocycles. The van der Waals surface area contributed by atoms with Gasteiger partial charge in [-0.05, 0) is 30.7 Å². The summed E-state index contributed by atoms with van der Waals surface area (Å²) in [5, 5.41) is 5.08. The van der Waals surface area contributed by atoms with Crippen LogP contribution in [-0.4, -0.2) is 23.8 Å². The highest BCUT2D eigenvalue weighted by atomic mass is 16.3. The van der Waals surface area contributed by atoms with Crippen molar-refractivity contribution < 1.29 is 14.0 Å². The summed E-state index contributed by atoms with van der Waals surface area (Å²) < 4.78 is 5.24. The number of aryl methyl sites for hydroxylation is 1. The summed E-state index contributed by atoms with van der Waals surface area (Å²) in [5.74, 6) is -0.000551. The number of hydrogen-bond donors (Lipinski definition) is 2. The number of hydrogen-bond acceptors (Lipinski definition) is 4. The molecule has 1 heterocycles. The van der Waals surface area contributed by atoms with Gasteiger partial charge in [0.2, 0.25) is 11.8 Å². The van der Waals surface area contributed by atoms with Gasteiger partial charge < -0.3 is 15.1 Å². The maximum absolute atomic E-state index is 11.6. The van der Waals surface area contributed by atoms with Crippen LogP contribution in [0.15, 0.2) is 35.2 Å². The third kappa shape index (κ3) is 3.23. The monoisotopic (exact) mass is 273 g/mol. The second kappa shape index (κ2) is 6.01. The second-order valence-corrected chi connectivity index (χ2v) is 4.29. The van der Waals surface area contributed by atoms with Crippen molar-refractivity contribution in [1.29, 1.82) is 0 Å². The van der Waals surface area contributed by atoms with Gasteiger partial charge in [-0.15, -0.1) is 0 Å². The van der Waals surface area contributed by atoms with Gasteiger partial charge in [0.05, 0.1) is 6.20 Å². The van der Waals surface area contributed by atoms with Crippen LogP contribution in [0.4, 0.5) is 5.69 Å². The van der Waals surface area contributed by atoms with E-state index in [4.69, 9.17) is 4.42 Å². The van der Waals surface area contributed by atoms with Crippen LogP contribution in [-0.2, 0) is 9.59 Å². The first-order chi connectivity index (χ1) is 9.60. The Hall–Kier alpha value is -2.63. The molecule has 0 spiro atoms. The molecule has 2 amide bonds. The van der Waals surface area contributed by atoms with Crippen LogP contribution < -0.4 is 10.6 Å². The van der Waals surface area contributed by atoms with Crippen molar-refractivity contribution in [3.8, 4) is 11.3 Å². The number of rotatable bonds is 4. The molecule has 0 aliphatic carbocycles. The lowest BCUT2D eigenvalue weighted by Crippen LogP contribution is -2.24. The lowest BCUT2D eigenvalue weighted by atomic mass is 10.1. The SMILES string of the molecule is CNC(=O)CC(=O)Nc1ccc(-c2cnco2)c(C)c1. The van der Waals surface area contributed by atoms with Crippen LogP contribution >= 0.6 is 0 Å². The summed E-state index contributed by atoms with van der Waals surface area (Å²) in [7, 11) is 1.49. The van der Waals surface area contributed by atoms with E-state index >= 15 is 0 Å². The molecule has 0 aliphatic rings. The van der Waals surface area contributed by atoms with Crippen LogP contribution in [0, 0.1) is 6.92 Å². The van der Waals surface area contributed by atoms with Crippen LogP contribution in [0.5, 0.6) is 0 Å². The van der Waals surface area contributed by atoms with E-state index < -0.39 is 0 Å². The maximum Gasteiger partial charge on any atom is 0.233 e. The number of oxazole rings is 1. The molecule has 104 valence electrons. The standard InChI is InChI=1S/C14H15N3O3/c1-9-5-10(17-14(19)6-13(18)15-2)3-4-11(9)12-7-16-8-20-12/h3-5,7-8H,6H2,1-2H3,(H,15,18)(H,17,19). The number of amides is 2. The summed E-state index contributed by atoms with van der Waals surface area (Å²) >= 11 is 0. The Morgan fingerprint density at radius 2 is 2.10 bits per heavy atom. The highest BCUT2D eigenvalue weighted by Gasteiger charge is 2.10. The highest BCUT2D eigenvalue weighted by Crippen LogP contribution is 2.25. The Morgan fingerprint density at radius 3 is 2.70 bits per heavy atom. The van der Waals surface area contributed by atoms with Crippen molar-refractivity contribution >= 4 is 17.5 Å². The number of nitrogens with zero attached hydrogens (tertiary/aromatic N) is 1. The minimum absolute atomic E-state index is 0.195. The fourth-order valence-corrected chi connectivity index (χ4v) is 1.81. The van der Waals surface area contributed by atoms with Gasteiger partial charge >= 0.3 is 0 Å². The molecular formula is C14H15N3O3. The highest BCUT2D eigenvalue weighted by molar-refractivity contribution is 6.03. The molecule has 6 heteroatoms. The Balaban J connectivity index is 2.10. The number of nitrogens with one attached hydrogen (secondary N) is 2. The molecule has 0 atom stereocenters. The molecule has 0 bridgehead atoms. The van der Waals surface area contributed by atoms with E-state index in [0.717, 1.165) is 11.1 Å². The predicted octanol–water partition coefficient (Wildman–Crippen LogP) is 1.72. The van der Waals surface area contributed by atoms with Crippen LogP contribution in [0.2, 0.25) is 0 Å². The largest absolute Gasteiger partial charge is 0.444 e. The van der Waals surface area contributed by atoms with Crippen molar-refractivity contribution in [2.75, 3.05) is 12.4 Å². The van der Waals surface area contributed by atoms with Crippen LogP contribution in [0.1, 0.15) is 12.0 Å². The average Bonchev–Trinajstić information content (AvgIpc) is 2.92. The number of anilines is 1. The molecule has 2 aromatic rings. The van der Waals surface area contributed by atoms with E-state index in [-0.39, 0.29) is 18.2 Å². The van der Waals surface area contributed by atoms with Gasteiger partial charge in [-0.25, -0.2) is 4.98 Å². The molecule has 0 saturated carbocycles. The molecular weight excluding hydrogens is 258 g/mol. The zero-order valence-electron chi connectivity index (χ0n) is 11.3. The van der Waals surface area contributed by atoms with Crippen LogP contribution in [0.25, 0.3) is 11.3 Å². The number of benzene rings is 1. The number of aromatic nitrogens is 1. The molecule has 0 saturated heterocycles. The number of carbonyl (C=O) groups excluding carboxylic acids is 2. The van der Waals surface area contributed by atoms with Crippen molar-refractivity contribution in [3.63, 3.8) is 0 Å². The quantitative estimate of drug-likeness (QED) is 0.831. The van der Waals surface area contributed by atoms with E-state index in [9.17, 15) is 9.59 Å². The molecule has 2 rings (SSSR count). The summed E-state index contributed by atoms with van der Waals surface area (Å²) in [6.45, 7) is 1.91. The Bertz CT molecular complexity index is 621. The fraction of sp³-hybridized carbons (Fsp3) is 0.214. The predicted molar refractivity (Wildman–Crippen MR) is 74.0 cm³/mol. The topological polar surface area (TPSA) is 84.2 Å². The first kappa shape index (κ1) is 13.8. The molecule has 2 N–H and O–H groups in total. The third-order valence-electron chi connectivity index (χ3n) is 2.81. The van der Waals surface area contributed by atoms with Gasteiger partial charge in [0.1, 0.15) is 6.42 Å². The second-order valence-electron chi connectivity index (χ2n) is 4.29. The van der Waals surface area contributed by atoms with Gasteiger partial charge in [-0.3, -0.25) is 9.59 Å². The molecule has 0 unspecified atom stereocenters. The van der Waals surface area contributed by atoms with Crippen LogP contribution in [0.3, 0.4) is 0 Å². The van der Waals surface area contributed by atoms with Crippen molar-refractivity contribution in [1.82, 2.24) is 10.3 Å². The summed E-state index contributed by atoms with van der Waals surface area (Å²) in [6.07, 6.45) is 2.80. The first-order valence-corrected chi connectivity index (χ1v) is 6.10. The molecule has 20 heavy (non-hydrogen) atoms. The lowest BCUT2D eigenvalue weighted by molar-refractivity contribution is -0.126. The molecule has 1 aromatic carbocycles. The normalized spacial score (nSPS) is 10.1. The van der Waals surface area contributed by atoms with Crippen molar-refractivity contribution in [2.45, 2.75) is 13.3 Å². The fourth-order valence-electron chi connectivity index (χ4n) is 1.81. The Labute approximate surface area is 116 Å². The van der Waals surface area contributed by atoms with E-state index in [1.54, 1.807) is 12.3 Å². The molecule has 1 aromatic heterocycles. The van der Waals surface area contributed by atoms with Gasteiger partial charge in [0.15, 0.2) is 12.2 Å². The Kier molecular flexibility index (Phi) is 4.14. The van der Waals surface area contributed by atoms with E-state index in [1.165, 1.54) is 13.4 Å². The summed E-state index contributed by atoms with van der Waals surface area (Å²) in [4.78, 5) is 26.6. The van der Waals surface area contributed by atoms with Gasteiger partial charge in [0.25, 0.3) is 0 Å². The van der Waals surface area contributed by atoms with E-state index in [2.05, 4.69) is 15.6 Å². The molecule has 0 fully saturated rings. The minimum Gasteiger partial charge on any atom is -0.444 e. The van der Waals surface area contributed by atoms with Crippen molar-refractivity contribution in [2.24, 2.45) is 0 Å². The lowest BCUT2D eigenvalue weighted by Gasteiger charge is -2.08. The van der Waals surface area contributed by atoms with Crippen molar-refractivity contribution in [3.05, 3.63) is 36.4 Å².